The maximum Gasteiger partial charge on any atom is 0.326 e. The molecule has 0 aliphatic rings. The predicted octanol–water partition coefficient (Wildman–Crippen LogP) is -0.616. The molecule has 116 valence electrons. The van der Waals surface area contributed by atoms with Crippen molar-refractivity contribution in [3.63, 3.8) is 0 Å². The lowest BCUT2D eigenvalue weighted by molar-refractivity contribution is 0.414. The molecule has 2 rings (SSSR count). The van der Waals surface area contributed by atoms with Crippen molar-refractivity contribution in [2.75, 3.05) is 7.11 Å². The summed E-state index contributed by atoms with van der Waals surface area (Å²) in [6.07, 6.45) is 1.01. The lowest BCUT2D eigenvalue weighted by Gasteiger charge is -2.04. The van der Waals surface area contributed by atoms with Gasteiger partial charge < -0.3 is 9.72 Å². The third-order valence-electron chi connectivity index (χ3n) is 2.53. The molecule has 10 heteroatoms. The zero-order chi connectivity index (χ0) is 16.2. The summed E-state index contributed by atoms with van der Waals surface area (Å²) in [4.78, 5) is 28.3. The summed E-state index contributed by atoms with van der Waals surface area (Å²) >= 11 is 0. The van der Waals surface area contributed by atoms with Crippen molar-refractivity contribution in [2.45, 2.75) is 4.90 Å². The lowest BCUT2D eigenvalue weighted by atomic mass is 10.3. The minimum absolute atomic E-state index is 0.00940. The van der Waals surface area contributed by atoms with Gasteiger partial charge in [0.2, 0.25) is 0 Å². The molecule has 1 aromatic heterocycles. The highest BCUT2D eigenvalue weighted by atomic mass is 32.2. The molecule has 9 nitrogen and oxygen atoms in total. The predicted molar refractivity (Wildman–Crippen MR) is 78.6 cm³/mol. The molecule has 0 aliphatic heterocycles. The summed E-state index contributed by atoms with van der Waals surface area (Å²) < 4.78 is 28.8. The Labute approximate surface area is 124 Å². The van der Waals surface area contributed by atoms with Crippen LogP contribution in [0.15, 0.2) is 49.9 Å². The van der Waals surface area contributed by atoms with Crippen molar-refractivity contribution in [1.82, 2.24) is 14.8 Å². The second-order valence-corrected chi connectivity index (χ2v) is 5.73. The van der Waals surface area contributed by atoms with E-state index in [4.69, 9.17) is 4.74 Å². The topological polar surface area (TPSA) is 133 Å². The number of hydrogen-bond donors (Lipinski definition) is 3. The fraction of sp³-hybridized carbons (Fsp3) is 0.0833. The van der Waals surface area contributed by atoms with Gasteiger partial charge in [-0.1, -0.05) is 0 Å². The van der Waals surface area contributed by atoms with Gasteiger partial charge in [-0.25, -0.2) is 9.63 Å². The number of methoxy groups -OCH3 is 1. The van der Waals surface area contributed by atoms with E-state index in [2.05, 4.69) is 10.1 Å². The molecule has 0 amide bonds. The van der Waals surface area contributed by atoms with Crippen LogP contribution in [0.25, 0.3) is 0 Å². The van der Waals surface area contributed by atoms with Crippen LogP contribution in [0.4, 0.5) is 0 Å². The minimum Gasteiger partial charge on any atom is -0.497 e. The van der Waals surface area contributed by atoms with Crippen LogP contribution in [-0.2, 0) is 10.0 Å². The number of nitrogens with one attached hydrogen (secondary N) is 3. The number of aromatic nitrogens is 2. The molecule has 0 atom stereocenters. The minimum atomic E-state index is -3.86. The normalized spacial score (nSPS) is 11.5. The van der Waals surface area contributed by atoms with Crippen LogP contribution in [0.1, 0.15) is 5.69 Å². The molecule has 0 unspecified atom stereocenters. The van der Waals surface area contributed by atoms with Gasteiger partial charge in [0.1, 0.15) is 5.75 Å². The van der Waals surface area contributed by atoms with Crippen molar-refractivity contribution in [1.29, 1.82) is 0 Å². The Hall–Kier alpha value is -2.88. The Balaban J connectivity index is 2.16. The average Bonchev–Trinajstić information content (AvgIpc) is 2.46. The Morgan fingerprint density at radius 3 is 2.45 bits per heavy atom. The van der Waals surface area contributed by atoms with Gasteiger partial charge in [0.15, 0.2) is 0 Å². The first kappa shape index (κ1) is 15.5. The van der Waals surface area contributed by atoms with Crippen molar-refractivity contribution in [3.8, 4) is 5.75 Å². The lowest BCUT2D eigenvalue weighted by Crippen LogP contribution is -2.23. The van der Waals surface area contributed by atoms with Crippen molar-refractivity contribution < 1.29 is 13.2 Å². The summed E-state index contributed by atoms with van der Waals surface area (Å²) in [5.74, 6) is 0.517. The van der Waals surface area contributed by atoms with Crippen LogP contribution in [0.2, 0.25) is 0 Å². The smallest absolute Gasteiger partial charge is 0.326 e. The SMILES string of the molecule is COc1ccc(S(=O)(=O)N/N=C/c2cc(=O)[nH]c(=O)[nH]2)cc1. The van der Waals surface area contributed by atoms with E-state index in [1.165, 1.54) is 31.4 Å². The summed E-state index contributed by atoms with van der Waals surface area (Å²) in [7, 11) is -2.39. The molecule has 2 aromatic rings. The average molecular weight is 324 g/mol. The Morgan fingerprint density at radius 1 is 1.18 bits per heavy atom. The third-order valence-corrected chi connectivity index (χ3v) is 3.77. The second kappa shape index (κ2) is 6.26. The number of hydrazone groups is 1. The number of sulfonamides is 1. The van der Waals surface area contributed by atoms with Crippen LogP contribution >= 0.6 is 0 Å². The number of ether oxygens (including phenoxy) is 1. The number of benzene rings is 1. The molecule has 22 heavy (non-hydrogen) atoms. The first-order valence-electron chi connectivity index (χ1n) is 5.93. The van der Waals surface area contributed by atoms with E-state index in [0.29, 0.717) is 5.75 Å². The number of hydrogen-bond acceptors (Lipinski definition) is 6. The second-order valence-electron chi connectivity index (χ2n) is 4.07. The van der Waals surface area contributed by atoms with E-state index >= 15 is 0 Å². The van der Waals surface area contributed by atoms with Crippen molar-refractivity contribution >= 4 is 16.2 Å². The Bertz CT molecular complexity index is 868. The zero-order valence-electron chi connectivity index (χ0n) is 11.4. The standard InChI is InChI=1S/C12H12N4O5S/c1-21-9-2-4-10(5-3-9)22(19,20)16-13-7-8-6-11(17)15-12(18)14-8/h2-7,16H,1H3,(H2,14,15,17,18)/b13-7+. The molecule has 0 fully saturated rings. The van der Waals surface area contributed by atoms with Gasteiger partial charge in [-0.2, -0.15) is 13.5 Å². The molecule has 1 heterocycles. The first-order valence-corrected chi connectivity index (χ1v) is 7.41. The zero-order valence-corrected chi connectivity index (χ0v) is 12.2. The fourth-order valence-corrected chi connectivity index (χ4v) is 2.32. The van der Waals surface area contributed by atoms with Crippen molar-refractivity contribution in [3.05, 3.63) is 56.9 Å². The van der Waals surface area contributed by atoms with Gasteiger partial charge >= 0.3 is 5.69 Å². The van der Waals surface area contributed by atoms with Gasteiger partial charge in [-0.05, 0) is 24.3 Å². The van der Waals surface area contributed by atoms with Crippen LogP contribution in [-0.4, -0.2) is 31.7 Å². The van der Waals surface area contributed by atoms with Crippen LogP contribution in [0, 0.1) is 0 Å². The molecule has 0 spiro atoms. The van der Waals surface area contributed by atoms with E-state index in [0.717, 1.165) is 12.3 Å². The Morgan fingerprint density at radius 2 is 1.86 bits per heavy atom. The summed E-state index contributed by atoms with van der Waals surface area (Å²) in [6, 6.07) is 6.75. The highest BCUT2D eigenvalue weighted by Crippen LogP contribution is 2.15. The monoisotopic (exact) mass is 324 g/mol. The van der Waals surface area contributed by atoms with Crippen molar-refractivity contribution in [2.24, 2.45) is 5.10 Å². The van der Waals surface area contributed by atoms with Gasteiger partial charge in [-0.3, -0.25) is 9.78 Å². The van der Waals surface area contributed by atoms with Gasteiger partial charge in [0.25, 0.3) is 15.6 Å². The number of aromatic amines is 2. The van der Waals surface area contributed by atoms with E-state index in [9.17, 15) is 18.0 Å². The molecule has 0 bridgehead atoms. The fourth-order valence-electron chi connectivity index (χ4n) is 1.53. The number of nitrogens with zero attached hydrogens (tertiary/aromatic N) is 1. The highest BCUT2D eigenvalue weighted by Gasteiger charge is 2.12. The van der Waals surface area contributed by atoms with Gasteiger partial charge in [0.05, 0.1) is 23.9 Å². The molecule has 0 saturated heterocycles. The number of H-pyrrole nitrogens is 2. The summed E-state index contributed by atoms with van der Waals surface area (Å²) in [5.41, 5.74) is -1.28. The maximum atomic E-state index is 12.0. The summed E-state index contributed by atoms with van der Waals surface area (Å²) in [6.45, 7) is 0. The number of rotatable bonds is 5. The van der Waals surface area contributed by atoms with E-state index < -0.39 is 21.3 Å². The molecule has 3 N–H and O–H groups in total. The highest BCUT2D eigenvalue weighted by molar-refractivity contribution is 7.89. The van der Waals surface area contributed by atoms with Crippen LogP contribution in [0.3, 0.4) is 0 Å². The van der Waals surface area contributed by atoms with Gasteiger partial charge in [-0.15, -0.1) is 0 Å². The molecule has 1 aromatic carbocycles. The molecule has 0 aliphatic carbocycles. The summed E-state index contributed by atoms with van der Waals surface area (Å²) in [5, 5.41) is 3.50. The van der Waals surface area contributed by atoms with Crippen LogP contribution < -0.4 is 20.8 Å². The quantitative estimate of drug-likeness (QED) is 0.498. The maximum absolute atomic E-state index is 12.0. The Kier molecular flexibility index (Phi) is 4.41. The molecular weight excluding hydrogens is 312 g/mol. The van der Waals surface area contributed by atoms with E-state index in [-0.39, 0.29) is 10.6 Å². The largest absolute Gasteiger partial charge is 0.497 e. The molecule has 0 saturated carbocycles. The van der Waals surface area contributed by atoms with Crippen LogP contribution in [0.5, 0.6) is 5.75 Å². The van der Waals surface area contributed by atoms with Gasteiger partial charge in [0, 0.05) is 6.07 Å². The first-order chi connectivity index (χ1) is 10.4. The third kappa shape index (κ3) is 3.82. The molecular formula is C12H12N4O5S. The van der Waals surface area contributed by atoms with E-state index in [1.54, 1.807) is 0 Å². The molecule has 0 radical (unpaired) electrons. The van der Waals surface area contributed by atoms with E-state index in [1.807, 2.05) is 9.82 Å².